The van der Waals surface area contributed by atoms with Crippen molar-refractivity contribution in [3.63, 3.8) is 0 Å². The van der Waals surface area contributed by atoms with E-state index in [1.54, 1.807) is 0 Å². The van der Waals surface area contributed by atoms with Gasteiger partial charge in [0.2, 0.25) is 0 Å². The monoisotopic (exact) mass is 155 g/mol. The largest absolute Gasteiger partial charge is 0.370 e. The van der Waals surface area contributed by atoms with Crippen LogP contribution in [0.15, 0.2) is 4.99 Å². The van der Waals surface area contributed by atoms with Crippen molar-refractivity contribution in [2.24, 2.45) is 10.7 Å². The third-order valence-electron chi connectivity index (χ3n) is 2.32. The fraction of sp³-hybridized carbons (Fsp3) is 0.875. The van der Waals surface area contributed by atoms with Crippen LogP contribution in [0.5, 0.6) is 0 Å². The van der Waals surface area contributed by atoms with Gasteiger partial charge < -0.3 is 10.6 Å². The van der Waals surface area contributed by atoms with Gasteiger partial charge in [0.15, 0.2) is 5.96 Å². The van der Waals surface area contributed by atoms with Gasteiger partial charge in [0.05, 0.1) is 6.54 Å². The van der Waals surface area contributed by atoms with Gasteiger partial charge in [-0.25, -0.2) is 0 Å². The molecule has 0 aliphatic carbocycles. The second kappa shape index (κ2) is 3.11. The Balaban J connectivity index is 2.62. The first kappa shape index (κ1) is 8.37. The van der Waals surface area contributed by atoms with Gasteiger partial charge in [-0.2, -0.15) is 0 Å². The number of nitrogens with zero attached hydrogens (tertiary/aromatic N) is 2. The maximum Gasteiger partial charge on any atom is 0.191 e. The van der Waals surface area contributed by atoms with Crippen LogP contribution in [0.4, 0.5) is 0 Å². The highest BCUT2D eigenvalue weighted by molar-refractivity contribution is 5.80. The van der Waals surface area contributed by atoms with E-state index < -0.39 is 0 Å². The first-order valence-electron chi connectivity index (χ1n) is 4.25. The second-order valence-electron chi connectivity index (χ2n) is 3.21. The minimum atomic E-state index is 0.491. The molecule has 64 valence electrons. The van der Waals surface area contributed by atoms with Crippen LogP contribution in [0.1, 0.15) is 27.2 Å². The van der Waals surface area contributed by atoms with Gasteiger partial charge in [-0.1, -0.05) is 6.92 Å². The summed E-state index contributed by atoms with van der Waals surface area (Å²) in [4.78, 5) is 6.38. The van der Waals surface area contributed by atoms with E-state index >= 15 is 0 Å². The molecule has 0 bridgehead atoms. The van der Waals surface area contributed by atoms with E-state index in [0.29, 0.717) is 18.0 Å². The van der Waals surface area contributed by atoms with Gasteiger partial charge in [-0.05, 0) is 20.3 Å². The van der Waals surface area contributed by atoms with Crippen LogP contribution in [0.25, 0.3) is 0 Å². The summed E-state index contributed by atoms with van der Waals surface area (Å²) in [6.07, 6.45) is 1.13. The third-order valence-corrected chi connectivity index (χ3v) is 2.32. The standard InChI is InChI=1S/C8H17N3/c1-4-6(2)11-7(3)5-10-8(11)9/h6-7H,4-5H2,1-3H3,(H2,9,10). The molecule has 1 aliphatic heterocycles. The lowest BCUT2D eigenvalue weighted by Gasteiger charge is -2.29. The molecule has 1 aliphatic rings. The Labute approximate surface area is 68.3 Å². The van der Waals surface area contributed by atoms with Gasteiger partial charge in [-0.3, -0.25) is 4.99 Å². The van der Waals surface area contributed by atoms with E-state index in [-0.39, 0.29) is 0 Å². The van der Waals surface area contributed by atoms with Crippen molar-refractivity contribution in [2.45, 2.75) is 39.3 Å². The first-order chi connectivity index (χ1) is 5.16. The van der Waals surface area contributed by atoms with Crippen molar-refractivity contribution in [1.29, 1.82) is 0 Å². The molecule has 0 saturated heterocycles. The van der Waals surface area contributed by atoms with Crippen LogP contribution in [0.2, 0.25) is 0 Å². The predicted octanol–water partition coefficient (Wildman–Crippen LogP) is 0.804. The quantitative estimate of drug-likeness (QED) is 0.641. The number of hydrogen-bond donors (Lipinski definition) is 1. The van der Waals surface area contributed by atoms with Crippen LogP contribution in [-0.2, 0) is 0 Å². The maximum atomic E-state index is 5.72. The average molecular weight is 155 g/mol. The highest BCUT2D eigenvalue weighted by Crippen LogP contribution is 2.13. The highest BCUT2D eigenvalue weighted by Gasteiger charge is 2.25. The Bertz CT molecular complexity index is 165. The van der Waals surface area contributed by atoms with E-state index in [2.05, 4.69) is 30.7 Å². The second-order valence-corrected chi connectivity index (χ2v) is 3.21. The lowest BCUT2D eigenvalue weighted by molar-refractivity contribution is 0.279. The van der Waals surface area contributed by atoms with Crippen LogP contribution < -0.4 is 5.73 Å². The van der Waals surface area contributed by atoms with E-state index in [1.807, 2.05) is 0 Å². The molecule has 1 heterocycles. The number of aliphatic imine (C=N–C) groups is 1. The fourth-order valence-corrected chi connectivity index (χ4v) is 1.48. The minimum Gasteiger partial charge on any atom is -0.370 e. The van der Waals surface area contributed by atoms with Crippen molar-refractivity contribution in [2.75, 3.05) is 6.54 Å². The van der Waals surface area contributed by atoms with Crippen LogP contribution in [0.3, 0.4) is 0 Å². The highest BCUT2D eigenvalue weighted by atomic mass is 15.3. The summed E-state index contributed by atoms with van der Waals surface area (Å²) >= 11 is 0. The molecule has 3 nitrogen and oxygen atoms in total. The summed E-state index contributed by atoms with van der Waals surface area (Å²) < 4.78 is 0. The number of hydrogen-bond acceptors (Lipinski definition) is 3. The Morgan fingerprint density at radius 2 is 2.45 bits per heavy atom. The van der Waals surface area contributed by atoms with Gasteiger partial charge >= 0.3 is 0 Å². The van der Waals surface area contributed by atoms with E-state index in [4.69, 9.17) is 5.73 Å². The number of nitrogens with two attached hydrogens (primary N) is 1. The minimum absolute atomic E-state index is 0.491. The Morgan fingerprint density at radius 1 is 1.82 bits per heavy atom. The number of guanidine groups is 1. The average Bonchev–Trinajstić information content (AvgIpc) is 2.30. The molecule has 2 unspecified atom stereocenters. The molecule has 0 spiro atoms. The third kappa shape index (κ3) is 1.47. The van der Waals surface area contributed by atoms with E-state index in [0.717, 1.165) is 13.0 Å². The van der Waals surface area contributed by atoms with Crippen LogP contribution in [-0.4, -0.2) is 29.5 Å². The Kier molecular flexibility index (Phi) is 2.37. The molecule has 11 heavy (non-hydrogen) atoms. The van der Waals surface area contributed by atoms with Gasteiger partial charge in [0.25, 0.3) is 0 Å². The first-order valence-corrected chi connectivity index (χ1v) is 4.25. The SMILES string of the molecule is CCC(C)N1C(N)=NCC1C. The normalized spacial score (nSPS) is 27.0. The lowest BCUT2D eigenvalue weighted by Crippen LogP contribution is -2.44. The van der Waals surface area contributed by atoms with Crippen molar-refractivity contribution in [3.8, 4) is 0 Å². The summed E-state index contributed by atoms with van der Waals surface area (Å²) in [6, 6.07) is 1.01. The van der Waals surface area contributed by atoms with Gasteiger partial charge in [-0.15, -0.1) is 0 Å². The van der Waals surface area contributed by atoms with Crippen molar-refractivity contribution >= 4 is 5.96 Å². The molecule has 0 amide bonds. The molecule has 0 aromatic heterocycles. The molecule has 0 aromatic carbocycles. The predicted molar refractivity (Wildman–Crippen MR) is 47.5 cm³/mol. The van der Waals surface area contributed by atoms with Crippen LogP contribution >= 0.6 is 0 Å². The summed E-state index contributed by atoms with van der Waals surface area (Å²) in [5.74, 6) is 0.715. The zero-order valence-corrected chi connectivity index (χ0v) is 7.54. The lowest BCUT2D eigenvalue weighted by atomic mass is 10.2. The summed E-state index contributed by atoms with van der Waals surface area (Å²) in [5, 5.41) is 0. The molecule has 0 saturated carbocycles. The molecule has 1 rings (SSSR count). The molecule has 0 radical (unpaired) electrons. The Morgan fingerprint density at radius 3 is 2.82 bits per heavy atom. The van der Waals surface area contributed by atoms with Crippen molar-refractivity contribution in [3.05, 3.63) is 0 Å². The van der Waals surface area contributed by atoms with Crippen LogP contribution in [0, 0.1) is 0 Å². The van der Waals surface area contributed by atoms with Gasteiger partial charge in [0, 0.05) is 12.1 Å². The molecule has 0 fully saturated rings. The summed E-state index contributed by atoms with van der Waals surface area (Å²) in [5.41, 5.74) is 5.72. The smallest absolute Gasteiger partial charge is 0.191 e. The molecule has 2 N–H and O–H groups in total. The van der Waals surface area contributed by atoms with Gasteiger partial charge in [0.1, 0.15) is 0 Å². The van der Waals surface area contributed by atoms with Crippen molar-refractivity contribution in [1.82, 2.24) is 4.90 Å². The van der Waals surface area contributed by atoms with Crippen molar-refractivity contribution < 1.29 is 0 Å². The summed E-state index contributed by atoms with van der Waals surface area (Å²) in [6.45, 7) is 7.37. The van der Waals surface area contributed by atoms with E-state index in [9.17, 15) is 0 Å². The number of rotatable bonds is 2. The fourth-order valence-electron chi connectivity index (χ4n) is 1.48. The molecule has 2 atom stereocenters. The molecular weight excluding hydrogens is 138 g/mol. The zero-order valence-electron chi connectivity index (χ0n) is 7.54. The molecule has 0 aromatic rings. The summed E-state index contributed by atoms with van der Waals surface area (Å²) in [7, 11) is 0. The Hall–Kier alpha value is -0.730. The molecular formula is C8H17N3. The zero-order chi connectivity index (χ0) is 8.43. The topological polar surface area (TPSA) is 41.6 Å². The molecule has 3 heteroatoms. The maximum absolute atomic E-state index is 5.72. The van der Waals surface area contributed by atoms with E-state index in [1.165, 1.54) is 0 Å².